The summed E-state index contributed by atoms with van der Waals surface area (Å²) in [7, 11) is 0. The molecule has 0 radical (unpaired) electrons. The van der Waals surface area contributed by atoms with Gasteiger partial charge in [0.25, 0.3) is 0 Å². The highest BCUT2D eigenvalue weighted by Crippen LogP contribution is 2.15. The number of carbonyl (C=O) groups excluding carboxylic acids is 1. The number of ether oxygens (including phenoxy) is 1. The predicted octanol–water partition coefficient (Wildman–Crippen LogP) is 3.27. The maximum atomic E-state index is 11.6. The van der Waals surface area contributed by atoms with Gasteiger partial charge in [-0.05, 0) is 46.8 Å². The first-order valence-electron chi connectivity index (χ1n) is 6.56. The van der Waals surface area contributed by atoms with Crippen molar-refractivity contribution in [3.63, 3.8) is 0 Å². The molecule has 0 aromatic carbocycles. The molecule has 1 aromatic rings. The molecule has 0 aliphatic carbocycles. The summed E-state index contributed by atoms with van der Waals surface area (Å²) < 4.78 is 5.16. The van der Waals surface area contributed by atoms with Crippen LogP contribution in [0.3, 0.4) is 0 Å². The van der Waals surface area contributed by atoms with Crippen molar-refractivity contribution in [2.45, 2.75) is 40.2 Å². The summed E-state index contributed by atoms with van der Waals surface area (Å²) in [6, 6.07) is 3.71. The molecule has 0 spiro atoms. The van der Waals surface area contributed by atoms with E-state index in [1.807, 2.05) is 26.8 Å². The molecule has 1 rings (SSSR count). The lowest BCUT2D eigenvalue weighted by Crippen LogP contribution is -2.27. The van der Waals surface area contributed by atoms with Gasteiger partial charge in [0.05, 0.1) is 11.9 Å². The first-order valence-corrected chi connectivity index (χ1v) is 6.56. The molecule has 1 amide bonds. The van der Waals surface area contributed by atoms with Gasteiger partial charge in [-0.1, -0.05) is 0 Å². The largest absolute Gasteiger partial charge is 0.444 e. The molecule has 0 saturated carbocycles. The molecular formula is C14H23N3O2. The topological polar surface area (TPSA) is 54.5 Å². The fourth-order valence-corrected chi connectivity index (χ4v) is 1.64. The zero-order chi connectivity index (χ0) is 14.5. The van der Waals surface area contributed by atoms with E-state index in [2.05, 4.69) is 29.0 Å². The first kappa shape index (κ1) is 15.3. The minimum absolute atomic E-state index is 0.490. The van der Waals surface area contributed by atoms with Crippen molar-refractivity contribution in [2.75, 3.05) is 23.3 Å². The molecule has 1 aromatic heterocycles. The van der Waals surface area contributed by atoms with Crippen LogP contribution in [-0.2, 0) is 4.74 Å². The highest BCUT2D eigenvalue weighted by Gasteiger charge is 2.16. The fourth-order valence-electron chi connectivity index (χ4n) is 1.64. The summed E-state index contributed by atoms with van der Waals surface area (Å²) >= 11 is 0. The Bertz CT molecular complexity index is 406. The molecule has 0 saturated heterocycles. The Labute approximate surface area is 115 Å². The van der Waals surface area contributed by atoms with E-state index in [0.717, 1.165) is 18.8 Å². The minimum Gasteiger partial charge on any atom is -0.444 e. The third-order valence-corrected chi connectivity index (χ3v) is 2.51. The van der Waals surface area contributed by atoms with Gasteiger partial charge in [-0.2, -0.15) is 0 Å². The van der Waals surface area contributed by atoms with Gasteiger partial charge >= 0.3 is 6.09 Å². The van der Waals surface area contributed by atoms with Crippen molar-refractivity contribution in [2.24, 2.45) is 0 Å². The Morgan fingerprint density at radius 2 is 1.95 bits per heavy atom. The van der Waals surface area contributed by atoms with Crippen molar-refractivity contribution in [3.05, 3.63) is 18.3 Å². The number of aromatic nitrogens is 1. The van der Waals surface area contributed by atoms with Crippen LogP contribution >= 0.6 is 0 Å². The molecule has 106 valence electrons. The number of nitrogens with zero attached hydrogens (tertiary/aromatic N) is 2. The fraction of sp³-hybridized carbons (Fsp3) is 0.571. The van der Waals surface area contributed by atoms with E-state index in [0.29, 0.717) is 5.82 Å². The van der Waals surface area contributed by atoms with E-state index in [-0.39, 0.29) is 0 Å². The summed E-state index contributed by atoms with van der Waals surface area (Å²) in [4.78, 5) is 18.0. The van der Waals surface area contributed by atoms with Gasteiger partial charge < -0.3 is 9.64 Å². The third kappa shape index (κ3) is 5.16. The normalized spacial score (nSPS) is 11.0. The zero-order valence-electron chi connectivity index (χ0n) is 12.4. The number of carbonyl (C=O) groups is 1. The molecule has 0 unspecified atom stereocenters. The van der Waals surface area contributed by atoms with Crippen LogP contribution in [0, 0.1) is 0 Å². The van der Waals surface area contributed by atoms with Crippen molar-refractivity contribution in [3.8, 4) is 0 Å². The highest BCUT2D eigenvalue weighted by molar-refractivity contribution is 5.83. The second-order valence-corrected chi connectivity index (χ2v) is 5.20. The van der Waals surface area contributed by atoms with E-state index >= 15 is 0 Å². The standard InChI is InChI=1S/C14H23N3O2/c1-6-17(7-2)11-8-9-12(15-10-11)16-13(18)19-14(3,4)5/h8-10H,6-7H2,1-5H3,(H,15,16,18). The Kier molecular flexibility index (Phi) is 5.15. The number of nitrogens with one attached hydrogen (secondary N) is 1. The van der Waals surface area contributed by atoms with Crippen LogP contribution in [0.25, 0.3) is 0 Å². The second-order valence-electron chi connectivity index (χ2n) is 5.20. The molecule has 19 heavy (non-hydrogen) atoms. The summed E-state index contributed by atoms with van der Waals surface area (Å²) in [6.07, 6.45) is 1.26. The first-order chi connectivity index (χ1) is 8.85. The number of pyridine rings is 1. The van der Waals surface area contributed by atoms with Crippen LogP contribution in [-0.4, -0.2) is 29.8 Å². The van der Waals surface area contributed by atoms with E-state index < -0.39 is 11.7 Å². The number of hydrogen-bond acceptors (Lipinski definition) is 4. The molecule has 5 heteroatoms. The average molecular weight is 265 g/mol. The van der Waals surface area contributed by atoms with Gasteiger partial charge in [-0.25, -0.2) is 9.78 Å². The third-order valence-electron chi connectivity index (χ3n) is 2.51. The van der Waals surface area contributed by atoms with Crippen LogP contribution in [0.4, 0.5) is 16.3 Å². The van der Waals surface area contributed by atoms with Crippen LogP contribution < -0.4 is 10.2 Å². The van der Waals surface area contributed by atoms with Crippen molar-refractivity contribution in [1.29, 1.82) is 0 Å². The second kappa shape index (κ2) is 6.41. The maximum Gasteiger partial charge on any atom is 0.413 e. The molecule has 0 fully saturated rings. The highest BCUT2D eigenvalue weighted by atomic mass is 16.6. The van der Waals surface area contributed by atoms with Crippen molar-refractivity contribution >= 4 is 17.6 Å². The number of hydrogen-bond donors (Lipinski definition) is 1. The zero-order valence-corrected chi connectivity index (χ0v) is 12.4. The van der Waals surface area contributed by atoms with E-state index in [1.54, 1.807) is 12.3 Å². The van der Waals surface area contributed by atoms with Crippen LogP contribution in [0.5, 0.6) is 0 Å². The van der Waals surface area contributed by atoms with E-state index in [1.165, 1.54) is 0 Å². The van der Waals surface area contributed by atoms with Crippen LogP contribution in [0.1, 0.15) is 34.6 Å². The van der Waals surface area contributed by atoms with Crippen molar-refractivity contribution < 1.29 is 9.53 Å². The Hall–Kier alpha value is -1.78. The molecule has 1 heterocycles. The smallest absolute Gasteiger partial charge is 0.413 e. The molecule has 0 aliphatic rings. The maximum absolute atomic E-state index is 11.6. The summed E-state index contributed by atoms with van der Waals surface area (Å²) in [5.41, 5.74) is 0.533. The van der Waals surface area contributed by atoms with Gasteiger partial charge in [0.15, 0.2) is 0 Å². The van der Waals surface area contributed by atoms with E-state index in [4.69, 9.17) is 4.74 Å². The van der Waals surface area contributed by atoms with E-state index in [9.17, 15) is 4.79 Å². The molecule has 0 bridgehead atoms. The SMILES string of the molecule is CCN(CC)c1ccc(NC(=O)OC(C)(C)C)nc1. The quantitative estimate of drug-likeness (QED) is 0.907. The van der Waals surface area contributed by atoms with Gasteiger partial charge in [0, 0.05) is 13.1 Å². The summed E-state index contributed by atoms with van der Waals surface area (Å²) in [6.45, 7) is 11.5. The number of rotatable bonds is 4. The lowest BCUT2D eigenvalue weighted by atomic mass is 10.2. The monoisotopic (exact) mass is 265 g/mol. The van der Waals surface area contributed by atoms with Gasteiger partial charge in [0.2, 0.25) is 0 Å². The predicted molar refractivity (Wildman–Crippen MR) is 77.7 cm³/mol. The number of anilines is 2. The molecule has 0 aliphatic heterocycles. The van der Waals surface area contributed by atoms with Crippen LogP contribution in [0.2, 0.25) is 0 Å². The van der Waals surface area contributed by atoms with Crippen LogP contribution in [0.15, 0.2) is 18.3 Å². The Morgan fingerprint density at radius 3 is 2.37 bits per heavy atom. The molecule has 1 N–H and O–H groups in total. The Morgan fingerprint density at radius 1 is 1.32 bits per heavy atom. The lowest BCUT2D eigenvalue weighted by molar-refractivity contribution is 0.0635. The Balaban J connectivity index is 2.64. The lowest BCUT2D eigenvalue weighted by Gasteiger charge is -2.21. The average Bonchev–Trinajstić information content (AvgIpc) is 2.30. The molecular weight excluding hydrogens is 242 g/mol. The molecule has 0 atom stereocenters. The molecule has 5 nitrogen and oxygen atoms in total. The van der Waals surface area contributed by atoms with Crippen molar-refractivity contribution in [1.82, 2.24) is 4.98 Å². The van der Waals surface area contributed by atoms with Gasteiger partial charge in [0.1, 0.15) is 11.4 Å². The summed E-state index contributed by atoms with van der Waals surface area (Å²) in [5, 5.41) is 2.61. The van der Waals surface area contributed by atoms with Gasteiger partial charge in [-0.15, -0.1) is 0 Å². The number of amides is 1. The van der Waals surface area contributed by atoms with Gasteiger partial charge in [-0.3, -0.25) is 5.32 Å². The minimum atomic E-state index is -0.509. The summed E-state index contributed by atoms with van der Waals surface area (Å²) in [5.74, 6) is 0.491.